The fourth-order valence-corrected chi connectivity index (χ4v) is 6.13. The van der Waals surface area contributed by atoms with Crippen LogP contribution in [0.2, 0.25) is 0 Å². The van der Waals surface area contributed by atoms with Gasteiger partial charge in [0.2, 0.25) is 5.16 Å². The van der Waals surface area contributed by atoms with E-state index in [1.165, 1.54) is 25.7 Å². The molecule has 1 amide bonds. The number of hydrogen-bond donors (Lipinski definition) is 1. The molecule has 10 nitrogen and oxygen atoms in total. The summed E-state index contributed by atoms with van der Waals surface area (Å²) >= 11 is 1.73. The van der Waals surface area contributed by atoms with Crippen molar-refractivity contribution in [2.24, 2.45) is 0 Å². The Labute approximate surface area is 212 Å². The number of nitrogens with one attached hydrogen (secondary N) is 1. The molecule has 0 unspecified atom stereocenters. The molecule has 1 saturated carbocycles. The van der Waals surface area contributed by atoms with Crippen molar-refractivity contribution in [1.29, 1.82) is 0 Å². The first-order valence-corrected chi connectivity index (χ1v) is 13.1. The Hall–Kier alpha value is -3.15. The third-order valence-corrected chi connectivity index (χ3v) is 7.96. The number of hydrogen-bond acceptors (Lipinski definition) is 9. The van der Waals surface area contributed by atoms with Gasteiger partial charge in [0, 0.05) is 10.9 Å². The Kier molecular flexibility index (Phi) is 6.75. The Morgan fingerprint density at radius 1 is 0.972 bits per heavy atom. The molecule has 1 aliphatic carbocycles. The Morgan fingerprint density at radius 3 is 2.53 bits per heavy atom. The fourth-order valence-electron chi connectivity index (χ4n) is 4.90. The van der Waals surface area contributed by atoms with Gasteiger partial charge in [0.1, 0.15) is 29.7 Å². The summed E-state index contributed by atoms with van der Waals surface area (Å²) in [4.78, 5) is 12.6. The van der Waals surface area contributed by atoms with Crippen LogP contribution in [0.4, 0.5) is 10.5 Å². The minimum atomic E-state index is -0.562. The minimum absolute atomic E-state index is 0.150. The van der Waals surface area contributed by atoms with Crippen molar-refractivity contribution in [1.82, 2.24) is 20.2 Å². The monoisotopic (exact) mass is 509 g/mol. The number of carbonyl (C=O) groups is 1. The molecule has 4 atom stereocenters. The second-order valence-electron chi connectivity index (χ2n) is 9.10. The van der Waals surface area contributed by atoms with E-state index in [-0.39, 0.29) is 24.9 Å². The Bertz CT molecular complexity index is 1170. The number of anilines is 1. The van der Waals surface area contributed by atoms with Crippen molar-refractivity contribution in [2.45, 2.75) is 60.4 Å². The molecule has 0 radical (unpaired) electrons. The molecular weight excluding hydrogens is 482 g/mol. The third kappa shape index (κ3) is 5.04. The molecule has 6 rings (SSSR count). The topological polar surface area (TPSA) is 110 Å². The summed E-state index contributed by atoms with van der Waals surface area (Å²) in [5.74, 6) is 1.42. The van der Waals surface area contributed by atoms with Crippen molar-refractivity contribution in [2.75, 3.05) is 18.5 Å². The van der Waals surface area contributed by atoms with Gasteiger partial charge in [-0.1, -0.05) is 42.8 Å². The normalized spacial score (nSPS) is 25.6. The number of fused-ring (bicyclic) bond motifs is 1. The molecule has 188 valence electrons. The number of nitrogens with zero attached hydrogens (tertiary/aromatic N) is 4. The molecule has 3 heterocycles. The highest BCUT2D eigenvalue weighted by Crippen LogP contribution is 2.39. The minimum Gasteiger partial charge on any atom is -0.457 e. The molecule has 0 spiro atoms. The molecule has 2 saturated heterocycles. The number of benzene rings is 2. The van der Waals surface area contributed by atoms with Gasteiger partial charge in [-0.15, -0.1) is 5.10 Å². The first kappa shape index (κ1) is 23.3. The first-order chi connectivity index (χ1) is 17.7. The largest absolute Gasteiger partial charge is 0.457 e. The highest BCUT2D eigenvalue weighted by atomic mass is 32.2. The Morgan fingerprint density at radius 2 is 1.72 bits per heavy atom. The predicted octanol–water partition coefficient (Wildman–Crippen LogP) is 4.46. The summed E-state index contributed by atoms with van der Waals surface area (Å²) in [6, 6.07) is 16.5. The number of tetrazole rings is 1. The molecule has 11 heteroatoms. The molecular formula is C25H27N5O5S. The second kappa shape index (κ2) is 10.5. The van der Waals surface area contributed by atoms with E-state index in [2.05, 4.69) is 20.8 Å². The van der Waals surface area contributed by atoms with Crippen LogP contribution in [0, 0.1) is 0 Å². The zero-order chi connectivity index (χ0) is 24.3. The van der Waals surface area contributed by atoms with Crippen LogP contribution in [0.15, 0.2) is 59.8 Å². The average molecular weight is 510 g/mol. The fraction of sp³-hybridized carbons (Fsp3) is 0.440. The number of amides is 1. The van der Waals surface area contributed by atoms with Crippen LogP contribution < -0.4 is 10.1 Å². The van der Waals surface area contributed by atoms with E-state index in [1.54, 1.807) is 36.0 Å². The van der Waals surface area contributed by atoms with Gasteiger partial charge in [0.15, 0.2) is 6.10 Å². The number of carbonyl (C=O) groups excluding carboxylic acids is 1. The summed E-state index contributed by atoms with van der Waals surface area (Å²) in [6.45, 7) is 0.666. The lowest BCUT2D eigenvalue weighted by Gasteiger charge is -2.18. The quantitative estimate of drug-likeness (QED) is 0.494. The SMILES string of the molecule is O=C(Nc1ccc(Oc2ccccc2)cc1)O[C@@H]1CO[C@H]2[C@@H]1OC[C@@H]2n1nnnc1SC1CCCC1. The summed E-state index contributed by atoms with van der Waals surface area (Å²) in [5.41, 5.74) is 0.600. The van der Waals surface area contributed by atoms with Crippen LogP contribution >= 0.6 is 11.8 Å². The summed E-state index contributed by atoms with van der Waals surface area (Å²) in [7, 11) is 0. The molecule has 2 aromatic carbocycles. The van der Waals surface area contributed by atoms with Gasteiger partial charge < -0.3 is 18.9 Å². The Balaban J connectivity index is 1.03. The predicted molar refractivity (Wildman–Crippen MR) is 131 cm³/mol. The molecule has 1 N–H and O–H groups in total. The molecule has 3 aliphatic rings. The van der Waals surface area contributed by atoms with Gasteiger partial charge in [-0.3, -0.25) is 5.32 Å². The molecule has 36 heavy (non-hydrogen) atoms. The maximum absolute atomic E-state index is 12.6. The lowest BCUT2D eigenvalue weighted by atomic mass is 10.1. The highest BCUT2D eigenvalue weighted by molar-refractivity contribution is 7.99. The van der Waals surface area contributed by atoms with Gasteiger partial charge in [-0.2, -0.15) is 0 Å². The average Bonchev–Trinajstić information content (AvgIpc) is 3.69. The zero-order valence-corrected chi connectivity index (χ0v) is 20.4. The zero-order valence-electron chi connectivity index (χ0n) is 19.6. The third-order valence-electron chi connectivity index (χ3n) is 6.67. The van der Waals surface area contributed by atoms with Gasteiger partial charge in [0.05, 0.1) is 13.2 Å². The lowest BCUT2D eigenvalue weighted by molar-refractivity contribution is 0.00751. The maximum Gasteiger partial charge on any atom is 0.412 e. The molecule has 1 aromatic heterocycles. The van der Waals surface area contributed by atoms with E-state index in [0.29, 0.717) is 23.3 Å². The van der Waals surface area contributed by atoms with E-state index < -0.39 is 12.2 Å². The maximum atomic E-state index is 12.6. The lowest BCUT2D eigenvalue weighted by Crippen LogP contribution is -2.35. The van der Waals surface area contributed by atoms with E-state index in [4.69, 9.17) is 18.9 Å². The van der Waals surface area contributed by atoms with Gasteiger partial charge >= 0.3 is 6.09 Å². The van der Waals surface area contributed by atoms with Crippen molar-refractivity contribution in [3.63, 3.8) is 0 Å². The molecule has 3 aromatic rings. The van der Waals surface area contributed by atoms with Crippen molar-refractivity contribution < 1.29 is 23.7 Å². The van der Waals surface area contributed by atoms with Crippen molar-refractivity contribution in [3.05, 3.63) is 54.6 Å². The van der Waals surface area contributed by atoms with Crippen LogP contribution in [0.3, 0.4) is 0 Å². The van der Waals surface area contributed by atoms with Gasteiger partial charge in [-0.25, -0.2) is 9.48 Å². The molecule has 2 aliphatic heterocycles. The second-order valence-corrected chi connectivity index (χ2v) is 10.4. The number of rotatable bonds is 7. The molecule has 0 bridgehead atoms. The van der Waals surface area contributed by atoms with E-state index in [0.717, 1.165) is 10.9 Å². The van der Waals surface area contributed by atoms with Crippen molar-refractivity contribution in [3.8, 4) is 11.5 Å². The standard InChI is InChI=1S/C25H27N5O5S/c31-25(26-16-10-12-18(13-11-16)34-17-6-2-1-3-7-17)35-21-15-33-22-20(14-32-23(21)22)30-24(27-28-29-30)36-19-8-4-5-9-19/h1-3,6-7,10-13,19-23H,4-5,8-9,14-15H2,(H,26,31)/t20-,21+,22+,23+/m0/s1. The first-order valence-electron chi connectivity index (χ1n) is 12.2. The highest BCUT2D eigenvalue weighted by Gasteiger charge is 2.51. The van der Waals surface area contributed by atoms with E-state index in [9.17, 15) is 4.79 Å². The van der Waals surface area contributed by atoms with Crippen LogP contribution in [-0.4, -0.2) is 63.1 Å². The number of ether oxygens (including phenoxy) is 4. The molecule has 3 fully saturated rings. The van der Waals surface area contributed by atoms with Gasteiger partial charge in [0.25, 0.3) is 0 Å². The summed E-state index contributed by atoms with van der Waals surface area (Å²) in [5, 5.41) is 16.4. The summed E-state index contributed by atoms with van der Waals surface area (Å²) in [6.07, 6.45) is 3.18. The van der Waals surface area contributed by atoms with Crippen LogP contribution in [-0.2, 0) is 14.2 Å². The van der Waals surface area contributed by atoms with Crippen LogP contribution in [0.1, 0.15) is 31.7 Å². The van der Waals surface area contributed by atoms with Crippen LogP contribution in [0.5, 0.6) is 11.5 Å². The van der Waals surface area contributed by atoms with Crippen molar-refractivity contribution >= 4 is 23.5 Å². The number of aromatic nitrogens is 4. The van der Waals surface area contributed by atoms with Crippen LogP contribution in [0.25, 0.3) is 0 Å². The summed E-state index contributed by atoms with van der Waals surface area (Å²) < 4.78 is 25.3. The number of para-hydroxylation sites is 1. The number of thioether (sulfide) groups is 1. The smallest absolute Gasteiger partial charge is 0.412 e. The van der Waals surface area contributed by atoms with Gasteiger partial charge in [-0.05, 0) is 59.7 Å². The van der Waals surface area contributed by atoms with E-state index in [1.807, 2.05) is 35.0 Å². The van der Waals surface area contributed by atoms with E-state index >= 15 is 0 Å².